The average Bonchev–Trinajstić information content (AvgIpc) is 2.48. The number of hydrogen-bond donors (Lipinski definition) is 1. The lowest BCUT2D eigenvalue weighted by Gasteiger charge is -2.30. The predicted octanol–water partition coefficient (Wildman–Crippen LogP) is 3.25. The van der Waals surface area contributed by atoms with Gasteiger partial charge in [0.15, 0.2) is 4.58 Å². The minimum Gasteiger partial charge on any atom is -0.396 e. The van der Waals surface area contributed by atoms with Gasteiger partial charge in [0.2, 0.25) is 19.7 Å². The molecule has 0 bridgehead atoms. The van der Waals surface area contributed by atoms with Crippen LogP contribution in [0.3, 0.4) is 0 Å². The van der Waals surface area contributed by atoms with Crippen molar-refractivity contribution in [3.05, 3.63) is 0 Å². The summed E-state index contributed by atoms with van der Waals surface area (Å²) in [7, 11) is -15.0. The third kappa shape index (κ3) is 4.66. The van der Waals surface area contributed by atoms with Crippen molar-refractivity contribution in [3.8, 4) is 0 Å². The van der Waals surface area contributed by atoms with Gasteiger partial charge in [-0.1, -0.05) is 13.3 Å². The number of alkyl halides is 10. The predicted molar refractivity (Wildman–Crippen MR) is 73.7 cm³/mol. The van der Waals surface area contributed by atoms with Gasteiger partial charge in [0.1, 0.15) is 0 Å². The van der Waals surface area contributed by atoms with E-state index in [1.165, 1.54) is 0 Å². The second-order valence-electron chi connectivity index (χ2n) is 5.57. The molecule has 0 fully saturated rings. The molecule has 0 amide bonds. The second-order valence-corrected chi connectivity index (χ2v) is 10.2. The van der Waals surface area contributed by atoms with E-state index >= 15 is 0 Å². The van der Waals surface area contributed by atoms with Crippen molar-refractivity contribution < 1.29 is 65.8 Å². The molecule has 0 radical (unpaired) electrons. The van der Waals surface area contributed by atoms with Crippen LogP contribution >= 0.6 is 0 Å². The minimum absolute atomic E-state index is 0.433. The maximum absolute atomic E-state index is 13.4. The van der Waals surface area contributed by atoms with Crippen LogP contribution in [-0.2, 0) is 19.7 Å². The third-order valence-corrected chi connectivity index (χ3v) is 8.89. The summed E-state index contributed by atoms with van der Waals surface area (Å²) < 4.78 is 170. The first kappa shape index (κ1) is 27.2. The zero-order valence-corrected chi connectivity index (χ0v) is 15.3. The van der Waals surface area contributed by atoms with Crippen LogP contribution < -0.4 is 0 Å². The van der Waals surface area contributed by atoms with E-state index in [2.05, 4.69) is 0 Å². The fourth-order valence-electron chi connectivity index (χ4n) is 2.02. The Labute approximate surface area is 152 Å². The summed E-state index contributed by atoms with van der Waals surface area (Å²) in [5.41, 5.74) is 0. The zero-order chi connectivity index (χ0) is 23.0. The summed E-state index contributed by atoms with van der Waals surface area (Å²) in [6, 6.07) is 0. The van der Waals surface area contributed by atoms with Crippen molar-refractivity contribution in [2.24, 2.45) is 5.92 Å². The van der Waals surface area contributed by atoms with Crippen LogP contribution in [-0.4, -0.2) is 56.0 Å². The van der Waals surface area contributed by atoms with Gasteiger partial charge in [-0.25, -0.2) is 16.8 Å². The maximum atomic E-state index is 13.4. The number of rotatable bonds is 9. The summed E-state index contributed by atoms with van der Waals surface area (Å²) in [5, 5.41) is -5.16. The van der Waals surface area contributed by atoms with E-state index < -0.39 is 78.9 Å². The molecule has 170 valence electrons. The van der Waals surface area contributed by atoms with Gasteiger partial charge in [0.05, 0.1) is 0 Å². The Morgan fingerprint density at radius 2 is 1.07 bits per heavy atom. The number of sulfone groups is 2. The van der Waals surface area contributed by atoms with E-state index in [0.717, 1.165) is 6.92 Å². The highest BCUT2D eigenvalue weighted by Crippen LogP contribution is 2.49. The van der Waals surface area contributed by atoms with Gasteiger partial charge in [-0.2, -0.15) is 43.9 Å². The topological polar surface area (TPSA) is 88.5 Å². The molecular weight excluding hydrogens is 466 g/mol. The summed E-state index contributed by atoms with van der Waals surface area (Å²) in [5.74, 6) is -1.58. The fourth-order valence-corrected chi connectivity index (χ4v) is 6.43. The van der Waals surface area contributed by atoms with Crippen molar-refractivity contribution in [1.82, 2.24) is 0 Å². The highest BCUT2D eigenvalue weighted by Gasteiger charge is 2.76. The highest BCUT2D eigenvalue weighted by atomic mass is 32.3. The van der Waals surface area contributed by atoms with Gasteiger partial charge >= 0.3 is 22.9 Å². The Bertz CT molecular complexity index is 683. The van der Waals surface area contributed by atoms with Crippen molar-refractivity contribution in [1.29, 1.82) is 0 Å². The summed E-state index contributed by atoms with van der Waals surface area (Å²) in [6.45, 7) is 0.178. The molecule has 0 spiro atoms. The van der Waals surface area contributed by atoms with E-state index in [1.807, 2.05) is 0 Å². The second kappa shape index (κ2) is 8.12. The van der Waals surface area contributed by atoms with Crippen LogP contribution in [0.5, 0.6) is 0 Å². The average molecular weight is 480 g/mol. The van der Waals surface area contributed by atoms with Gasteiger partial charge in [0.25, 0.3) is 0 Å². The van der Waals surface area contributed by atoms with Gasteiger partial charge in [-0.3, -0.25) is 0 Å². The van der Waals surface area contributed by atoms with Gasteiger partial charge < -0.3 is 5.11 Å². The molecule has 5 nitrogen and oxygen atoms in total. The van der Waals surface area contributed by atoms with Crippen molar-refractivity contribution in [2.45, 2.75) is 53.6 Å². The van der Waals surface area contributed by atoms with Crippen LogP contribution in [0, 0.1) is 5.92 Å². The van der Waals surface area contributed by atoms with E-state index in [4.69, 9.17) is 5.11 Å². The van der Waals surface area contributed by atoms with Crippen LogP contribution in [0.15, 0.2) is 0 Å². The maximum Gasteiger partial charge on any atom is 0.469 e. The SMILES string of the molecule is CCC(CCO)CC(S(=O)(=O)C(F)(F)C(F)(F)F)S(=O)(=O)C(F)(F)C(F)(F)F. The molecule has 0 aliphatic heterocycles. The Kier molecular flexibility index (Phi) is 7.88. The molecule has 0 rings (SSSR count). The van der Waals surface area contributed by atoms with Gasteiger partial charge in [-0.05, 0) is 18.8 Å². The first-order valence-electron chi connectivity index (χ1n) is 7.09. The molecule has 0 saturated carbocycles. The number of aliphatic hydroxyl groups excluding tert-OH is 1. The van der Waals surface area contributed by atoms with Crippen LogP contribution in [0.1, 0.15) is 26.2 Å². The summed E-state index contributed by atoms with van der Waals surface area (Å²) >= 11 is 0. The molecule has 0 aromatic carbocycles. The third-order valence-electron chi connectivity index (χ3n) is 3.71. The first-order chi connectivity index (χ1) is 12.1. The van der Waals surface area contributed by atoms with E-state index in [0.29, 0.717) is 0 Å². The zero-order valence-electron chi connectivity index (χ0n) is 13.7. The Morgan fingerprint density at radius 1 is 0.750 bits per heavy atom. The molecule has 0 heterocycles. The number of hydrogen-bond acceptors (Lipinski definition) is 5. The largest absolute Gasteiger partial charge is 0.469 e. The molecule has 0 aliphatic rings. The molecule has 0 saturated heterocycles. The molecular formula is C11H14F10O5S2. The van der Waals surface area contributed by atoms with Crippen LogP contribution in [0.25, 0.3) is 0 Å². The molecule has 1 atom stereocenters. The van der Waals surface area contributed by atoms with E-state index in [1.54, 1.807) is 0 Å². The lowest BCUT2D eigenvalue weighted by Crippen LogP contribution is -2.56. The number of halogens is 10. The standard InChI is InChI=1S/C11H14F10O5S2/c1-2-6(3-4-22)5-7(27(23,24)10(18,19)8(12,13)14)28(25,26)11(20,21)9(15,16)17/h6-7,22H,2-5H2,1H3. The van der Waals surface area contributed by atoms with Gasteiger partial charge in [0, 0.05) is 6.61 Å². The number of aliphatic hydroxyl groups is 1. The first-order valence-corrected chi connectivity index (χ1v) is 10.2. The molecule has 0 aromatic heterocycles. The van der Waals surface area contributed by atoms with E-state index in [-0.39, 0.29) is 0 Å². The molecule has 1 unspecified atom stereocenters. The van der Waals surface area contributed by atoms with Crippen molar-refractivity contribution in [3.63, 3.8) is 0 Å². The lowest BCUT2D eigenvalue weighted by molar-refractivity contribution is -0.242. The van der Waals surface area contributed by atoms with Crippen LogP contribution in [0.4, 0.5) is 43.9 Å². The van der Waals surface area contributed by atoms with Crippen molar-refractivity contribution in [2.75, 3.05) is 6.61 Å². The Hall–Kier alpha value is -0.840. The molecule has 0 aliphatic carbocycles. The van der Waals surface area contributed by atoms with Gasteiger partial charge in [-0.15, -0.1) is 0 Å². The summed E-state index contributed by atoms with van der Waals surface area (Å²) in [6.07, 6.45) is -17.0. The molecule has 0 aromatic rings. The Balaban J connectivity index is 6.80. The normalized spacial score (nSPS) is 16.5. The highest BCUT2D eigenvalue weighted by molar-refractivity contribution is 8.10. The van der Waals surface area contributed by atoms with Crippen molar-refractivity contribution >= 4 is 19.7 Å². The van der Waals surface area contributed by atoms with E-state index in [9.17, 15) is 60.7 Å². The molecule has 17 heteroatoms. The monoisotopic (exact) mass is 480 g/mol. The minimum atomic E-state index is -7.49. The summed E-state index contributed by atoms with van der Waals surface area (Å²) in [4.78, 5) is 0. The lowest BCUT2D eigenvalue weighted by atomic mass is 10.0. The Morgan fingerprint density at radius 3 is 1.29 bits per heavy atom. The molecule has 28 heavy (non-hydrogen) atoms. The smallest absolute Gasteiger partial charge is 0.396 e. The fraction of sp³-hybridized carbons (Fsp3) is 1.00. The quantitative estimate of drug-likeness (QED) is 0.512. The van der Waals surface area contributed by atoms with Crippen LogP contribution in [0.2, 0.25) is 0 Å². The molecule has 1 N–H and O–H groups in total.